The third-order valence-electron chi connectivity index (χ3n) is 3.74. The van der Waals surface area contributed by atoms with Gasteiger partial charge in [0.05, 0.1) is 0 Å². The quantitative estimate of drug-likeness (QED) is 0.739. The van der Waals surface area contributed by atoms with E-state index in [0.29, 0.717) is 25.9 Å². The molecule has 0 spiro atoms. The van der Waals surface area contributed by atoms with Crippen LogP contribution >= 0.6 is 0 Å². The van der Waals surface area contributed by atoms with Gasteiger partial charge in [0.15, 0.2) is 0 Å². The minimum absolute atomic E-state index is 0.0599. The second kappa shape index (κ2) is 8.41. The van der Waals surface area contributed by atoms with Gasteiger partial charge in [-0.05, 0) is 26.2 Å². The molecule has 7 nitrogen and oxygen atoms in total. The van der Waals surface area contributed by atoms with Crippen LogP contribution in [0.3, 0.4) is 0 Å². The summed E-state index contributed by atoms with van der Waals surface area (Å²) in [6.45, 7) is 2.83. The van der Waals surface area contributed by atoms with Crippen LogP contribution in [-0.2, 0) is 9.59 Å². The van der Waals surface area contributed by atoms with E-state index in [1.807, 2.05) is 0 Å². The summed E-state index contributed by atoms with van der Waals surface area (Å²) in [6, 6.07) is -0.958. The zero-order chi connectivity index (χ0) is 16.7. The maximum absolute atomic E-state index is 12.2. The molecule has 1 atom stereocenters. The van der Waals surface area contributed by atoms with Crippen LogP contribution in [-0.4, -0.2) is 66.0 Å². The van der Waals surface area contributed by atoms with Crippen molar-refractivity contribution < 1.29 is 19.5 Å². The smallest absolute Gasteiger partial charge is 0.326 e. The lowest BCUT2D eigenvalue weighted by Gasteiger charge is -2.33. The molecule has 1 aliphatic heterocycles. The molecule has 0 aromatic carbocycles. The summed E-state index contributed by atoms with van der Waals surface area (Å²) in [5.41, 5.74) is 0. The molecule has 1 fully saturated rings. The van der Waals surface area contributed by atoms with Crippen molar-refractivity contribution in [1.82, 2.24) is 15.1 Å². The van der Waals surface area contributed by atoms with E-state index in [-0.39, 0.29) is 24.3 Å². The molecule has 1 unspecified atom stereocenters. The molecule has 7 heteroatoms. The first-order valence-electron chi connectivity index (χ1n) is 7.47. The Balaban J connectivity index is 2.51. The molecule has 2 N–H and O–H groups in total. The van der Waals surface area contributed by atoms with Gasteiger partial charge >= 0.3 is 12.0 Å². The SMILES string of the molecule is C/C=C/CC(NC(=O)C1CCN(C(=O)N(C)C)CC1)C(=O)O. The Hall–Kier alpha value is -2.05. The number of nitrogens with zero attached hydrogens (tertiary/aromatic N) is 2. The molecule has 22 heavy (non-hydrogen) atoms. The van der Waals surface area contributed by atoms with Crippen molar-refractivity contribution in [2.75, 3.05) is 27.2 Å². The molecular weight excluding hydrogens is 286 g/mol. The number of urea groups is 1. The molecule has 0 aromatic heterocycles. The summed E-state index contributed by atoms with van der Waals surface area (Å²) in [5, 5.41) is 11.7. The standard InChI is InChI=1S/C15H25N3O4/c1-4-5-6-12(14(20)21)16-13(19)11-7-9-18(10-8-11)15(22)17(2)3/h4-5,11-12H,6-10H2,1-3H3,(H,16,19)(H,20,21)/b5-4+. The van der Waals surface area contributed by atoms with Crippen LogP contribution in [0.5, 0.6) is 0 Å². The number of carbonyl (C=O) groups excluding carboxylic acids is 2. The van der Waals surface area contributed by atoms with Crippen LogP contribution in [0.4, 0.5) is 4.79 Å². The first kappa shape index (κ1) is 18.0. The van der Waals surface area contributed by atoms with Crippen molar-refractivity contribution in [3.05, 3.63) is 12.2 Å². The highest BCUT2D eigenvalue weighted by molar-refractivity contribution is 5.85. The number of allylic oxidation sites excluding steroid dienone is 1. The fraction of sp³-hybridized carbons (Fsp3) is 0.667. The Labute approximate surface area is 131 Å². The van der Waals surface area contributed by atoms with Crippen molar-refractivity contribution in [3.8, 4) is 0 Å². The number of hydrogen-bond donors (Lipinski definition) is 2. The van der Waals surface area contributed by atoms with Gasteiger partial charge in [0.25, 0.3) is 0 Å². The number of carboxylic acid groups (broad SMARTS) is 1. The molecule has 0 saturated carbocycles. The number of nitrogens with one attached hydrogen (secondary N) is 1. The van der Waals surface area contributed by atoms with Crippen molar-refractivity contribution in [1.29, 1.82) is 0 Å². The Morgan fingerprint density at radius 2 is 1.91 bits per heavy atom. The summed E-state index contributed by atoms with van der Waals surface area (Å²) in [5.74, 6) is -1.51. The van der Waals surface area contributed by atoms with Gasteiger partial charge in [-0.15, -0.1) is 0 Å². The predicted octanol–water partition coefficient (Wildman–Crippen LogP) is 0.916. The number of amides is 3. The van der Waals surface area contributed by atoms with Crippen molar-refractivity contribution >= 4 is 17.9 Å². The van der Waals surface area contributed by atoms with Gasteiger partial charge < -0.3 is 20.2 Å². The minimum Gasteiger partial charge on any atom is -0.480 e. The van der Waals surface area contributed by atoms with E-state index in [0.717, 1.165) is 0 Å². The van der Waals surface area contributed by atoms with Crippen LogP contribution < -0.4 is 5.32 Å². The lowest BCUT2D eigenvalue weighted by Crippen LogP contribution is -2.49. The van der Waals surface area contributed by atoms with Gasteiger partial charge in [-0.3, -0.25) is 4.79 Å². The summed E-state index contributed by atoms with van der Waals surface area (Å²) in [7, 11) is 3.39. The largest absolute Gasteiger partial charge is 0.480 e. The predicted molar refractivity (Wildman–Crippen MR) is 82.4 cm³/mol. The zero-order valence-corrected chi connectivity index (χ0v) is 13.4. The molecule has 3 amide bonds. The molecule has 124 valence electrons. The highest BCUT2D eigenvalue weighted by atomic mass is 16.4. The van der Waals surface area contributed by atoms with E-state index >= 15 is 0 Å². The van der Waals surface area contributed by atoms with E-state index in [2.05, 4.69) is 5.32 Å². The van der Waals surface area contributed by atoms with Gasteiger partial charge in [0.2, 0.25) is 5.91 Å². The monoisotopic (exact) mass is 311 g/mol. The summed E-state index contributed by atoms with van der Waals surface area (Å²) in [4.78, 5) is 38.4. The normalized spacial score (nSPS) is 17.3. The number of likely N-dealkylation sites (tertiary alicyclic amines) is 1. The van der Waals surface area contributed by atoms with E-state index in [1.54, 1.807) is 38.1 Å². The maximum Gasteiger partial charge on any atom is 0.326 e. The highest BCUT2D eigenvalue weighted by Crippen LogP contribution is 2.18. The number of aliphatic carboxylic acids is 1. The Morgan fingerprint density at radius 1 is 1.32 bits per heavy atom. The zero-order valence-electron chi connectivity index (χ0n) is 13.4. The van der Waals surface area contributed by atoms with Crippen LogP contribution in [0.1, 0.15) is 26.2 Å². The summed E-state index contributed by atoms with van der Waals surface area (Å²) < 4.78 is 0. The third-order valence-corrected chi connectivity index (χ3v) is 3.74. The average Bonchev–Trinajstić information content (AvgIpc) is 2.50. The van der Waals surface area contributed by atoms with E-state index in [9.17, 15) is 14.4 Å². The number of rotatable bonds is 5. The van der Waals surface area contributed by atoms with Crippen molar-refractivity contribution in [2.24, 2.45) is 5.92 Å². The summed E-state index contributed by atoms with van der Waals surface area (Å²) in [6.07, 6.45) is 4.86. The van der Waals surface area contributed by atoms with Gasteiger partial charge in [0.1, 0.15) is 6.04 Å². The lowest BCUT2D eigenvalue weighted by molar-refractivity contribution is -0.142. The Bertz CT molecular complexity index is 440. The molecule has 1 heterocycles. The molecular formula is C15H25N3O4. The Kier molecular flexibility index (Phi) is 6.88. The van der Waals surface area contributed by atoms with Crippen LogP contribution in [0.15, 0.2) is 12.2 Å². The molecule has 1 aliphatic rings. The van der Waals surface area contributed by atoms with E-state index in [4.69, 9.17) is 5.11 Å². The first-order chi connectivity index (χ1) is 10.4. The fourth-order valence-corrected chi connectivity index (χ4v) is 2.40. The van der Waals surface area contributed by atoms with Crippen molar-refractivity contribution in [2.45, 2.75) is 32.2 Å². The van der Waals surface area contributed by atoms with Crippen molar-refractivity contribution in [3.63, 3.8) is 0 Å². The van der Waals surface area contributed by atoms with Gasteiger partial charge in [-0.1, -0.05) is 12.2 Å². The van der Waals surface area contributed by atoms with Crippen LogP contribution in [0, 0.1) is 5.92 Å². The topological polar surface area (TPSA) is 90.0 Å². The number of piperidine rings is 1. The fourth-order valence-electron chi connectivity index (χ4n) is 2.40. The average molecular weight is 311 g/mol. The van der Waals surface area contributed by atoms with E-state index < -0.39 is 12.0 Å². The highest BCUT2D eigenvalue weighted by Gasteiger charge is 2.30. The second-order valence-corrected chi connectivity index (χ2v) is 5.64. The third kappa shape index (κ3) is 5.05. The summed E-state index contributed by atoms with van der Waals surface area (Å²) >= 11 is 0. The number of carboxylic acids is 1. The number of carbonyl (C=O) groups is 3. The van der Waals surface area contributed by atoms with E-state index in [1.165, 1.54) is 4.90 Å². The minimum atomic E-state index is -1.04. The first-order valence-corrected chi connectivity index (χ1v) is 7.47. The van der Waals surface area contributed by atoms with Gasteiger partial charge in [0, 0.05) is 33.1 Å². The molecule has 1 rings (SSSR count). The van der Waals surface area contributed by atoms with Gasteiger partial charge in [-0.25, -0.2) is 9.59 Å². The van der Waals surface area contributed by atoms with Gasteiger partial charge in [-0.2, -0.15) is 0 Å². The van der Waals surface area contributed by atoms with Crippen LogP contribution in [0.25, 0.3) is 0 Å². The maximum atomic E-state index is 12.2. The molecule has 0 radical (unpaired) electrons. The van der Waals surface area contributed by atoms with Crippen LogP contribution in [0.2, 0.25) is 0 Å². The Morgan fingerprint density at radius 3 is 2.36 bits per heavy atom. The lowest BCUT2D eigenvalue weighted by atomic mass is 9.95. The molecule has 1 saturated heterocycles. The number of hydrogen-bond acceptors (Lipinski definition) is 3. The molecule has 0 aromatic rings. The second-order valence-electron chi connectivity index (χ2n) is 5.64. The molecule has 0 bridgehead atoms. The molecule has 0 aliphatic carbocycles.